The fraction of sp³-hybridized carbons (Fsp3) is 0. The summed E-state index contributed by atoms with van der Waals surface area (Å²) in [7, 11) is 0. The van der Waals surface area contributed by atoms with Gasteiger partial charge in [-0.3, -0.25) is 8.97 Å². The van der Waals surface area contributed by atoms with Gasteiger partial charge in [0.2, 0.25) is 5.95 Å². The van der Waals surface area contributed by atoms with E-state index in [0.29, 0.717) is 11.1 Å². The van der Waals surface area contributed by atoms with E-state index in [1.165, 1.54) is 0 Å². The third kappa shape index (κ3) is 3.81. The number of fused-ring (bicyclic) bond motifs is 8. The largest absolute Gasteiger partial charge is 0.279 e. The van der Waals surface area contributed by atoms with Gasteiger partial charge in [-0.1, -0.05) is 72.8 Å². The lowest BCUT2D eigenvalue weighted by Gasteiger charge is -2.13. The monoisotopic (exact) mass is 586 g/mol. The first-order valence-electron chi connectivity index (χ1n) is 15.0. The maximum absolute atomic E-state index is 9.35. The molecular weight excluding hydrogens is 564 g/mol. The highest BCUT2D eigenvalue weighted by Gasteiger charge is 2.21. The van der Waals surface area contributed by atoms with Crippen molar-refractivity contribution in [1.29, 1.82) is 10.5 Å². The van der Waals surface area contributed by atoms with E-state index in [4.69, 9.17) is 9.97 Å². The number of nitriles is 2. The molecular formula is C40H22N6. The van der Waals surface area contributed by atoms with Crippen LogP contribution in [0.5, 0.6) is 0 Å². The van der Waals surface area contributed by atoms with Gasteiger partial charge in [0.05, 0.1) is 50.8 Å². The number of hydrogen-bond acceptors (Lipinski definition) is 4. The van der Waals surface area contributed by atoms with Gasteiger partial charge >= 0.3 is 0 Å². The Labute approximate surface area is 263 Å². The van der Waals surface area contributed by atoms with Crippen LogP contribution in [0.2, 0.25) is 0 Å². The van der Waals surface area contributed by atoms with Gasteiger partial charge in [0.1, 0.15) is 5.65 Å². The average molecular weight is 587 g/mol. The van der Waals surface area contributed by atoms with Crippen LogP contribution in [0.1, 0.15) is 11.1 Å². The van der Waals surface area contributed by atoms with Crippen molar-refractivity contribution in [1.82, 2.24) is 18.9 Å². The summed E-state index contributed by atoms with van der Waals surface area (Å²) in [5.41, 5.74) is 11.0. The van der Waals surface area contributed by atoms with Gasteiger partial charge in [0, 0.05) is 16.2 Å². The summed E-state index contributed by atoms with van der Waals surface area (Å²) >= 11 is 0. The van der Waals surface area contributed by atoms with Crippen molar-refractivity contribution in [3.63, 3.8) is 0 Å². The fourth-order valence-corrected chi connectivity index (χ4v) is 6.54. The molecule has 6 aromatic carbocycles. The molecule has 0 bridgehead atoms. The van der Waals surface area contributed by atoms with Crippen LogP contribution in [0.4, 0.5) is 0 Å². The number of rotatable bonds is 3. The maximum atomic E-state index is 9.35. The molecule has 0 N–H and O–H groups in total. The second-order valence-electron chi connectivity index (χ2n) is 11.4. The lowest BCUT2D eigenvalue weighted by molar-refractivity contribution is 0.979. The normalized spacial score (nSPS) is 11.4. The van der Waals surface area contributed by atoms with E-state index in [0.717, 1.165) is 77.6 Å². The van der Waals surface area contributed by atoms with E-state index in [2.05, 4.69) is 69.6 Å². The van der Waals surface area contributed by atoms with E-state index >= 15 is 0 Å². The van der Waals surface area contributed by atoms with Crippen LogP contribution in [0.25, 0.3) is 77.6 Å². The quantitative estimate of drug-likeness (QED) is 0.207. The summed E-state index contributed by atoms with van der Waals surface area (Å²) in [6.07, 6.45) is 0. The van der Waals surface area contributed by atoms with Gasteiger partial charge in [-0.05, 0) is 82.9 Å². The summed E-state index contributed by atoms with van der Waals surface area (Å²) in [6.45, 7) is 0. The molecule has 46 heavy (non-hydrogen) atoms. The molecule has 0 saturated heterocycles. The minimum atomic E-state index is 0.629. The molecule has 0 saturated carbocycles. The van der Waals surface area contributed by atoms with Crippen LogP contribution in [0.3, 0.4) is 0 Å². The number of aromatic nitrogens is 4. The first kappa shape index (κ1) is 25.7. The van der Waals surface area contributed by atoms with Gasteiger partial charge in [-0.25, -0.2) is 9.97 Å². The summed E-state index contributed by atoms with van der Waals surface area (Å²) in [5.74, 6) is 0.747. The van der Waals surface area contributed by atoms with Crippen molar-refractivity contribution in [2.45, 2.75) is 0 Å². The average Bonchev–Trinajstić information content (AvgIpc) is 3.67. The third-order valence-corrected chi connectivity index (χ3v) is 8.79. The predicted octanol–water partition coefficient (Wildman–Crippen LogP) is 9.21. The molecule has 0 aliphatic carbocycles. The first-order chi connectivity index (χ1) is 22.7. The molecule has 0 unspecified atom stereocenters. The Kier molecular flexibility index (Phi) is 5.53. The third-order valence-electron chi connectivity index (χ3n) is 8.79. The van der Waals surface area contributed by atoms with Crippen molar-refractivity contribution in [3.8, 4) is 40.3 Å². The second kappa shape index (κ2) is 9.89. The molecule has 0 fully saturated rings. The van der Waals surface area contributed by atoms with E-state index in [1.54, 1.807) is 0 Å². The Hall–Kier alpha value is -6.76. The zero-order valence-electron chi connectivity index (χ0n) is 24.4. The number of nitrogens with zero attached hydrogens (tertiary/aromatic N) is 6. The van der Waals surface area contributed by atoms with E-state index in [1.807, 2.05) is 84.9 Å². The topological polar surface area (TPSA) is 82.7 Å². The summed E-state index contributed by atoms with van der Waals surface area (Å²) in [5, 5.41) is 21.9. The van der Waals surface area contributed by atoms with Crippen LogP contribution in [0, 0.1) is 22.7 Å². The number of para-hydroxylation sites is 3. The van der Waals surface area contributed by atoms with Gasteiger partial charge in [-0.2, -0.15) is 10.5 Å². The van der Waals surface area contributed by atoms with Gasteiger partial charge in [0.25, 0.3) is 0 Å². The molecule has 9 rings (SSSR count). The van der Waals surface area contributed by atoms with Gasteiger partial charge in [-0.15, -0.1) is 0 Å². The molecule has 0 spiro atoms. The highest BCUT2D eigenvalue weighted by molar-refractivity contribution is 6.11. The molecule has 0 aliphatic rings. The number of hydrogen-bond donors (Lipinski definition) is 0. The van der Waals surface area contributed by atoms with Crippen LogP contribution < -0.4 is 0 Å². The van der Waals surface area contributed by atoms with Crippen LogP contribution >= 0.6 is 0 Å². The fourth-order valence-electron chi connectivity index (χ4n) is 6.54. The van der Waals surface area contributed by atoms with Crippen LogP contribution in [-0.2, 0) is 0 Å². The van der Waals surface area contributed by atoms with Crippen molar-refractivity contribution >= 4 is 49.4 Å². The van der Waals surface area contributed by atoms with E-state index < -0.39 is 0 Å². The molecule has 0 atom stereocenters. The molecule has 0 amide bonds. The number of benzene rings is 6. The Bertz CT molecular complexity index is 2640. The van der Waals surface area contributed by atoms with Crippen LogP contribution in [0.15, 0.2) is 133 Å². The maximum Gasteiger partial charge on any atom is 0.221 e. The SMILES string of the molecule is N#Cc1ccc(-c2ccc3c4ccc(-c5ccc(C#N)cc5)cc4n(-c4nc5ccccc5c5nc6ccccc6n45)c3c2)cc1. The minimum Gasteiger partial charge on any atom is -0.279 e. The van der Waals surface area contributed by atoms with Gasteiger partial charge < -0.3 is 0 Å². The molecule has 6 nitrogen and oxygen atoms in total. The highest BCUT2D eigenvalue weighted by Crippen LogP contribution is 2.38. The van der Waals surface area contributed by atoms with Gasteiger partial charge in [0.15, 0.2) is 0 Å². The first-order valence-corrected chi connectivity index (χ1v) is 15.0. The Morgan fingerprint density at radius 1 is 0.457 bits per heavy atom. The standard InChI is InChI=1S/C40H22N6/c41-23-25-9-13-27(14-10-25)29-17-19-31-32-20-18-30(28-15-11-26(24-42)12-16-28)22-38(32)45(37(31)21-29)40-44-34-6-2-1-5-33(34)39-43-35-7-3-4-8-36(35)46(39)40/h1-22H. The molecule has 6 heteroatoms. The van der Waals surface area contributed by atoms with E-state index in [9.17, 15) is 10.5 Å². The smallest absolute Gasteiger partial charge is 0.221 e. The second-order valence-corrected chi connectivity index (χ2v) is 11.4. The lowest BCUT2D eigenvalue weighted by atomic mass is 10.0. The number of imidazole rings is 1. The minimum absolute atomic E-state index is 0.629. The van der Waals surface area contributed by atoms with E-state index in [-0.39, 0.29) is 0 Å². The Balaban J connectivity index is 1.42. The molecule has 212 valence electrons. The van der Waals surface area contributed by atoms with Crippen molar-refractivity contribution in [3.05, 3.63) is 145 Å². The molecule has 0 aliphatic heterocycles. The van der Waals surface area contributed by atoms with Crippen LogP contribution in [-0.4, -0.2) is 18.9 Å². The molecule has 9 aromatic rings. The Morgan fingerprint density at radius 2 is 0.978 bits per heavy atom. The molecule has 3 aromatic heterocycles. The zero-order valence-corrected chi connectivity index (χ0v) is 24.4. The zero-order chi connectivity index (χ0) is 30.8. The lowest BCUT2D eigenvalue weighted by Crippen LogP contribution is -2.06. The summed E-state index contributed by atoms with van der Waals surface area (Å²) < 4.78 is 4.41. The molecule has 0 radical (unpaired) electrons. The predicted molar refractivity (Wildman–Crippen MR) is 183 cm³/mol. The Morgan fingerprint density at radius 3 is 1.57 bits per heavy atom. The molecule has 3 heterocycles. The summed E-state index contributed by atoms with van der Waals surface area (Å²) in [6, 6.07) is 49.2. The highest BCUT2D eigenvalue weighted by atomic mass is 15.2. The van der Waals surface area contributed by atoms with Crippen molar-refractivity contribution in [2.24, 2.45) is 0 Å². The van der Waals surface area contributed by atoms with Crippen molar-refractivity contribution in [2.75, 3.05) is 0 Å². The summed E-state index contributed by atoms with van der Waals surface area (Å²) in [4.78, 5) is 10.4. The van der Waals surface area contributed by atoms with Crippen molar-refractivity contribution < 1.29 is 0 Å².